The van der Waals surface area contributed by atoms with Gasteiger partial charge in [-0.15, -0.1) is 0 Å². The van der Waals surface area contributed by atoms with E-state index in [2.05, 4.69) is 21.8 Å². The lowest BCUT2D eigenvalue weighted by molar-refractivity contribution is 0.143. The number of hydrogen-bond donors (Lipinski definition) is 2. The Morgan fingerprint density at radius 2 is 2.00 bits per heavy atom. The number of nitrogens with zero attached hydrogens (tertiary/aromatic N) is 2. The lowest BCUT2D eigenvalue weighted by Crippen LogP contribution is -2.19. The highest BCUT2D eigenvalue weighted by Crippen LogP contribution is 2.29. The Hall–Kier alpha value is -2.81. The summed E-state index contributed by atoms with van der Waals surface area (Å²) in [5, 5.41) is 11.1. The zero-order valence-electron chi connectivity index (χ0n) is 14.7. The number of anilines is 2. The van der Waals surface area contributed by atoms with Gasteiger partial charge in [-0.3, -0.25) is 0 Å². The van der Waals surface area contributed by atoms with Crippen LogP contribution in [0.5, 0.6) is 0 Å². The molecule has 1 heterocycles. The largest absolute Gasteiger partial charge is 0.378 e. The van der Waals surface area contributed by atoms with Crippen molar-refractivity contribution >= 4 is 34.0 Å². The Labute approximate surface area is 156 Å². The van der Waals surface area contributed by atoms with Crippen LogP contribution in [0.1, 0.15) is 19.4 Å². The highest BCUT2D eigenvalue weighted by atomic mass is 35.5. The Bertz CT molecular complexity index is 1090. The third-order valence-electron chi connectivity index (χ3n) is 3.74. The van der Waals surface area contributed by atoms with E-state index in [0.29, 0.717) is 16.4 Å². The van der Waals surface area contributed by atoms with Crippen molar-refractivity contribution in [3.63, 3.8) is 0 Å². The van der Waals surface area contributed by atoms with Crippen LogP contribution in [0, 0.1) is 11.8 Å². The Morgan fingerprint density at radius 1 is 1.23 bits per heavy atom. The van der Waals surface area contributed by atoms with Crippen LogP contribution in [0.15, 0.2) is 47.3 Å². The number of benzene rings is 2. The molecule has 0 atom stereocenters. The molecular weight excluding hydrogens is 350 g/mol. The molecule has 3 aromatic rings. The first-order chi connectivity index (χ1) is 12.2. The molecule has 2 N–H and O–H groups in total. The fourth-order valence-corrected chi connectivity index (χ4v) is 2.68. The molecule has 0 saturated heterocycles. The summed E-state index contributed by atoms with van der Waals surface area (Å²) >= 11 is 6.02. The lowest BCUT2D eigenvalue weighted by Gasteiger charge is -2.20. The van der Waals surface area contributed by atoms with Crippen LogP contribution < -0.4 is 10.6 Å². The summed E-state index contributed by atoms with van der Waals surface area (Å²) < 4.78 is 0. The molecule has 0 radical (unpaired) electrons. The first-order valence-corrected chi connectivity index (χ1v) is 8.40. The second-order valence-electron chi connectivity index (χ2n) is 6.47. The molecule has 0 bridgehead atoms. The molecule has 0 unspecified atom stereocenters. The minimum Gasteiger partial charge on any atom is -0.378 e. The van der Waals surface area contributed by atoms with Crippen LogP contribution in [-0.4, -0.2) is 27.7 Å². The average Bonchev–Trinajstić information content (AvgIpc) is 2.58. The highest BCUT2D eigenvalue weighted by molar-refractivity contribution is 6.31. The number of aliphatic hydroxyl groups is 1. The van der Waals surface area contributed by atoms with Crippen molar-refractivity contribution in [2.24, 2.45) is 0 Å². The fraction of sp³-hybridized carbons (Fsp3) is 0.200. The lowest BCUT2D eigenvalue weighted by atomic mass is 10.1. The number of halogens is 1. The van der Waals surface area contributed by atoms with E-state index < -0.39 is 11.3 Å². The zero-order valence-corrected chi connectivity index (χ0v) is 15.4. The van der Waals surface area contributed by atoms with Crippen molar-refractivity contribution in [2.45, 2.75) is 19.4 Å². The molecule has 1 aromatic heterocycles. The summed E-state index contributed by atoms with van der Waals surface area (Å²) in [4.78, 5) is 20.6. The van der Waals surface area contributed by atoms with Gasteiger partial charge in [0.25, 0.3) is 0 Å². The summed E-state index contributed by atoms with van der Waals surface area (Å²) in [6, 6.07) is 12.8. The highest BCUT2D eigenvalue weighted by Gasteiger charge is 2.12. The summed E-state index contributed by atoms with van der Waals surface area (Å²) in [6.07, 6.45) is 0. The van der Waals surface area contributed by atoms with E-state index in [9.17, 15) is 9.90 Å². The van der Waals surface area contributed by atoms with Crippen molar-refractivity contribution in [1.82, 2.24) is 9.97 Å². The molecule has 5 nitrogen and oxygen atoms in total. The molecule has 0 saturated carbocycles. The number of hydrogen-bond acceptors (Lipinski definition) is 4. The van der Waals surface area contributed by atoms with Crippen molar-refractivity contribution in [2.75, 3.05) is 11.9 Å². The predicted molar refractivity (Wildman–Crippen MR) is 105 cm³/mol. The number of rotatable bonds is 2. The zero-order chi connectivity index (χ0) is 18.9. The standard InChI is InChI=1S/C20H18ClN3O2/c1-20(2,26)10-9-13-5-4-6-15(11-13)24(3)18-16-8-7-14(21)12-17(16)22-19(25)23-18/h4-8,11-12,26H,1-3H3,(H,22,23,25). The fourth-order valence-electron chi connectivity index (χ4n) is 2.51. The number of aromatic nitrogens is 2. The van der Waals surface area contributed by atoms with Gasteiger partial charge in [-0.05, 0) is 50.2 Å². The topological polar surface area (TPSA) is 69.2 Å². The normalized spacial score (nSPS) is 11.1. The Morgan fingerprint density at radius 3 is 2.73 bits per heavy atom. The van der Waals surface area contributed by atoms with Gasteiger partial charge in [0.2, 0.25) is 0 Å². The molecule has 0 aliphatic rings. The maximum Gasteiger partial charge on any atom is 0.347 e. The van der Waals surface area contributed by atoms with Gasteiger partial charge in [0, 0.05) is 28.7 Å². The minimum absolute atomic E-state index is 0.445. The molecule has 0 aliphatic carbocycles. The summed E-state index contributed by atoms with van der Waals surface area (Å²) in [6.45, 7) is 3.26. The van der Waals surface area contributed by atoms with Gasteiger partial charge in [0.05, 0.1) is 5.52 Å². The van der Waals surface area contributed by atoms with E-state index in [0.717, 1.165) is 16.6 Å². The van der Waals surface area contributed by atoms with E-state index in [1.165, 1.54) is 0 Å². The number of H-pyrrole nitrogens is 1. The smallest absolute Gasteiger partial charge is 0.347 e. The Balaban J connectivity index is 2.07. The summed E-state index contributed by atoms with van der Waals surface area (Å²) in [5.74, 6) is 6.27. The quantitative estimate of drug-likeness (QED) is 0.680. The van der Waals surface area contributed by atoms with E-state index in [-0.39, 0.29) is 0 Å². The molecule has 26 heavy (non-hydrogen) atoms. The first kappa shape index (κ1) is 18.0. The second kappa shape index (κ2) is 6.83. The third kappa shape index (κ3) is 4.05. The SMILES string of the molecule is CN(c1cccc(C#CC(C)(C)O)c1)c1nc(=O)[nH]c2cc(Cl)ccc12. The predicted octanol–water partition coefficient (Wildman–Crippen LogP) is 3.47. The monoisotopic (exact) mass is 367 g/mol. The second-order valence-corrected chi connectivity index (χ2v) is 6.91. The van der Waals surface area contributed by atoms with Crippen LogP contribution in [0.3, 0.4) is 0 Å². The average molecular weight is 368 g/mol. The first-order valence-electron chi connectivity index (χ1n) is 8.02. The van der Waals surface area contributed by atoms with Crippen LogP contribution >= 0.6 is 11.6 Å². The van der Waals surface area contributed by atoms with Crippen molar-refractivity contribution in [3.05, 3.63) is 63.5 Å². The van der Waals surface area contributed by atoms with E-state index in [4.69, 9.17) is 11.6 Å². The van der Waals surface area contributed by atoms with Crippen molar-refractivity contribution < 1.29 is 5.11 Å². The number of nitrogens with one attached hydrogen (secondary N) is 1. The molecule has 132 valence electrons. The van der Waals surface area contributed by atoms with Crippen molar-refractivity contribution in [3.8, 4) is 11.8 Å². The Kier molecular flexibility index (Phi) is 4.73. The van der Waals surface area contributed by atoms with Gasteiger partial charge in [0.15, 0.2) is 0 Å². The van der Waals surface area contributed by atoms with Gasteiger partial charge in [0.1, 0.15) is 11.4 Å². The third-order valence-corrected chi connectivity index (χ3v) is 3.97. The van der Waals surface area contributed by atoms with Crippen LogP contribution in [0.4, 0.5) is 11.5 Å². The van der Waals surface area contributed by atoms with E-state index in [1.807, 2.05) is 42.3 Å². The number of fused-ring (bicyclic) bond motifs is 1. The van der Waals surface area contributed by atoms with Gasteiger partial charge in [-0.25, -0.2) is 4.79 Å². The minimum atomic E-state index is -1.06. The molecule has 0 amide bonds. The molecular formula is C20H18ClN3O2. The maximum absolute atomic E-state index is 11.9. The molecule has 2 aromatic carbocycles. The van der Waals surface area contributed by atoms with Gasteiger partial charge in [-0.1, -0.05) is 29.5 Å². The summed E-state index contributed by atoms with van der Waals surface area (Å²) in [5.41, 5.74) is 0.693. The molecule has 0 fully saturated rings. The van der Waals surface area contributed by atoms with Crippen LogP contribution in [0.25, 0.3) is 10.9 Å². The van der Waals surface area contributed by atoms with Crippen molar-refractivity contribution in [1.29, 1.82) is 0 Å². The van der Waals surface area contributed by atoms with Gasteiger partial charge < -0.3 is 15.0 Å². The van der Waals surface area contributed by atoms with E-state index >= 15 is 0 Å². The van der Waals surface area contributed by atoms with Crippen LogP contribution in [0.2, 0.25) is 5.02 Å². The molecule has 0 spiro atoms. The number of aromatic amines is 1. The molecule has 6 heteroatoms. The summed E-state index contributed by atoms with van der Waals surface area (Å²) in [7, 11) is 1.83. The van der Waals surface area contributed by atoms with Gasteiger partial charge >= 0.3 is 5.69 Å². The molecule has 3 rings (SSSR count). The van der Waals surface area contributed by atoms with Crippen LogP contribution in [-0.2, 0) is 0 Å². The molecule has 0 aliphatic heterocycles. The van der Waals surface area contributed by atoms with Gasteiger partial charge in [-0.2, -0.15) is 4.98 Å². The van der Waals surface area contributed by atoms with E-state index in [1.54, 1.807) is 26.0 Å². The maximum atomic E-state index is 11.9.